The number of amides is 1. The van der Waals surface area contributed by atoms with Crippen molar-refractivity contribution in [3.63, 3.8) is 0 Å². The van der Waals surface area contributed by atoms with Crippen molar-refractivity contribution in [2.45, 2.75) is 19.8 Å². The van der Waals surface area contributed by atoms with E-state index in [1.54, 1.807) is 13.0 Å². The Morgan fingerprint density at radius 1 is 1.48 bits per heavy atom. The molecule has 1 fully saturated rings. The molecule has 0 bridgehead atoms. The summed E-state index contributed by atoms with van der Waals surface area (Å²) in [5.74, 6) is 0.392. The number of rotatable bonds is 5. The second kappa shape index (κ2) is 6.91. The van der Waals surface area contributed by atoms with Crippen LogP contribution >= 0.6 is 0 Å². The van der Waals surface area contributed by atoms with Gasteiger partial charge in [-0.3, -0.25) is 4.79 Å². The van der Waals surface area contributed by atoms with E-state index in [2.05, 4.69) is 10.5 Å². The topological polar surface area (TPSA) is 64.4 Å². The first kappa shape index (κ1) is 15.7. The first-order chi connectivity index (χ1) is 11.1. The maximum atomic E-state index is 13.2. The van der Waals surface area contributed by atoms with Gasteiger partial charge in [-0.25, -0.2) is 4.39 Å². The Morgan fingerprint density at radius 3 is 3.09 bits per heavy atom. The van der Waals surface area contributed by atoms with E-state index in [1.807, 2.05) is 6.07 Å². The van der Waals surface area contributed by atoms with Crippen LogP contribution in [0.3, 0.4) is 0 Å². The van der Waals surface area contributed by atoms with Gasteiger partial charge in [0, 0.05) is 31.1 Å². The summed E-state index contributed by atoms with van der Waals surface area (Å²) in [7, 11) is 0. The second-order valence-corrected chi connectivity index (χ2v) is 5.83. The van der Waals surface area contributed by atoms with E-state index in [-0.39, 0.29) is 17.4 Å². The molecule has 0 saturated carbocycles. The maximum absolute atomic E-state index is 13.2. The molecule has 0 aliphatic carbocycles. The van der Waals surface area contributed by atoms with Gasteiger partial charge in [0.2, 0.25) is 0 Å². The number of hydrogen-bond donors (Lipinski definition) is 1. The predicted molar refractivity (Wildman–Crippen MR) is 81.7 cm³/mol. The number of hydrogen-bond acceptors (Lipinski definition) is 4. The molecule has 122 valence electrons. The fourth-order valence-corrected chi connectivity index (χ4v) is 2.64. The molecule has 0 radical (unpaired) electrons. The molecule has 3 rings (SSSR count). The average Bonchev–Trinajstić information content (AvgIpc) is 3.16. The molecule has 2 heterocycles. The van der Waals surface area contributed by atoms with Gasteiger partial charge in [-0.05, 0) is 31.0 Å². The summed E-state index contributed by atoms with van der Waals surface area (Å²) in [6, 6.07) is 6.29. The van der Waals surface area contributed by atoms with Gasteiger partial charge < -0.3 is 14.6 Å². The molecule has 0 spiro atoms. The number of nitrogens with zero attached hydrogens (tertiary/aromatic N) is 1. The molecular weight excluding hydrogens is 299 g/mol. The number of nitrogens with one attached hydrogen (secondary N) is 1. The summed E-state index contributed by atoms with van der Waals surface area (Å²) in [4.78, 5) is 12.2. The molecule has 5 nitrogen and oxygen atoms in total. The van der Waals surface area contributed by atoms with Gasteiger partial charge in [-0.1, -0.05) is 17.3 Å². The number of carbonyl (C=O) groups excluding carboxylic acids is 1. The van der Waals surface area contributed by atoms with E-state index in [0.29, 0.717) is 36.8 Å². The molecule has 1 atom stereocenters. The van der Waals surface area contributed by atoms with Gasteiger partial charge in [0.1, 0.15) is 11.6 Å². The maximum Gasteiger partial charge on any atom is 0.273 e. The van der Waals surface area contributed by atoms with Crippen molar-refractivity contribution in [2.24, 2.45) is 5.92 Å². The second-order valence-electron chi connectivity index (χ2n) is 5.83. The van der Waals surface area contributed by atoms with Crippen molar-refractivity contribution in [3.8, 4) is 0 Å². The minimum atomic E-state index is -0.295. The molecule has 2 aromatic rings. The Balaban J connectivity index is 1.64. The number of carbonyl (C=O) groups is 1. The summed E-state index contributed by atoms with van der Waals surface area (Å²) in [5, 5.41) is 6.73. The van der Waals surface area contributed by atoms with Gasteiger partial charge in [0.15, 0.2) is 5.69 Å². The van der Waals surface area contributed by atoms with Crippen molar-refractivity contribution in [2.75, 3.05) is 19.8 Å². The normalized spacial score (nSPS) is 17.4. The Bertz CT molecular complexity index is 693. The molecule has 1 aromatic heterocycles. The largest absolute Gasteiger partial charge is 0.381 e. The molecule has 1 aliphatic rings. The van der Waals surface area contributed by atoms with Crippen molar-refractivity contribution in [1.82, 2.24) is 10.5 Å². The zero-order valence-corrected chi connectivity index (χ0v) is 13.0. The van der Waals surface area contributed by atoms with E-state index in [4.69, 9.17) is 9.26 Å². The molecule has 6 heteroatoms. The van der Waals surface area contributed by atoms with Crippen LogP contribution in [0, 0.1) is 18.7 Å². The summed E-state index contributed by atoms with van der Waals surface area (Å²) < 4.78 is 23.8. The highest BCUT2D eigenvalue weighted by Gasteiger charge is 2.21. The van der Waals surface area contributed by atoms with Crippen LogP contribution < -0.4 is 5.32 Å². The molecule has 23 heavy (non-hydrogen) atoms. The summed E-state index contributed by atoms with van der Waals surface area (Å²) in [6.45, 7) is 3.80. The SMILES string of the molecule is Cc1c(C(=O)NCC2CCOC2)noc1Cc1cccc(F)c1. The molecular formula is C17H19FN2O3. The van der Waals surface area contributed by atoms with Crippen LogP contribution in [-0.2, 0) is 11.2 Å². The van der Waals surface area contributed by atoms with Crippen LogP contribution in [0.5, 0.6) is 0 Å². The van der Waals surface area contributed by atoms with Gasteiger partial charge >= 0.3 is 0 Å². The third-order valence-electron chi connectivity index (χ3n) is 4.06. The Hall–Kier alpha value is -2.21. The lowest BCUT2D eigenvalue weighted by Crippen LogP contribution is -2.30. The first-order valence-corrected chi connectivity index (χ1v) is 7.69. The summed E-state index contributed by atoms with van der Waals surface area (Å²) in [6.07, 6.45) is 1.36. The van der Waals surface area contributed by atoms with E-state index < -0.39 is 0 Å². The average molecular weight is 318 g/mol. The molecule has 1 saturated heterocycles. The smallest absolute Gasteiger partial charge is 0.273 e. The van der Waals surface area contributed by atoms with Gasteiger partial charge in [0.05, 0.1) is 6.61 Å². The van der Waals surface area contributed by atoms with Gasteiger partial charge in [0.25, 0.3) is 5.91 Å². The molecule has 1 aromatic carbocycles. The van der Waals surface area contributed by atoms with Crippen molar-refractivity contribution in [3.05, 3.63) is 52.7 Å². The van der Waals surface area contributed by atoms with Gasteiger partial charge in [-0.2, -0.15) is 0 Å². The third kappa shape index (κ3) is 3.76. The van der Waals surface area contributed by atoms with E-state index >= 15 is 0 Å². The van der Waals surface area contributed by atoms with Crippen LogP contribution in [0.4, 0.5) is 4.39 Å². The quantitative estimate of drug-likeness (QED) is 0.920. The van der Waals surface area contributed by atoms with Crippen LogP contribution in [-0.4, -0.2) is 30.8 Å². The Kier molecular flexibility index (Phi) is 4.71. The zero-order chi connectivity index (χ0) is 16.2. The van der Waals surface area contributed by atoms with Gasteiger partial charge in [-0.15, -0.1) is 0 Å². The highest BCUT2D eigenvalue weighted by Crippen LogP contribution is 2.18. The van der Waals surface area contributed by atoms with Crippen molar-refractivity contribution in [1.29, 1.82) is 0 Å². The lowest BCUT2D eigenvalue weighted by Gasteiger charge is -2.08. The van der Waals surface area contributed by atoms with E-state index in [0.717, 1.165) is 18.6 Å². The minimum Gasteiger partial charge on any atom is -0.381 e. The van der Waals surface area contributed by atoms with E-state index in [1.165, 1.54) is 12.1 Å². The van der Waals surface area contributed by atoms with Crippen LogP contribution in [0.15, 0.2) is 28.8 Å². The monoisotopic (exact) mass is 318 g/mol. The summed E-state index contributed by atoms with van der Waals surface area (Å²) >= 11 is 0. The number of benzene rings is 1. The Morgan fingerprint density at radius 2 is 2.35 bits per heavy atom. The number of halogens is 1. The minimum absolute atomic E-state index is 0.247. The standard InChI is InChI=1S/C17H19FN2O3/c1-11-15(8-12-3-2-4-14(18)7-12)23-20-16(11)17(21)19-9-13-5-6-22-10-13/h2-4,7,13H,5-6,8-10H2,1H3,(H,19,21). The van der Waals surface area contributed by atoms with Crippen molar-refractivity contribution >= 4 is 5.91 Å². The highest BCUT2D eigenvalue weighted by atomic mass is 19.1. The van der Waals surface area contributed by atoms with Crippen LogP contribution in [0.25, 0.3) is 0 Å². The highest BCUT2D eigenvalue weighted by molar-refractivity contribution is 5.93. The fourth-order valence-electron chi connectivity index (χ4n) is 2.64. The summed E-state index contributed by atoms with van der Waals surface area (Å²) in [5.41, 5.74) is 1.75. The van der Waals surface area contributed by atoms with Crippen molar-refractivity contribution < 1.29 is 18.4 Å². The molecule has 1 unspecified atom stereocenters. The number of aromatic nitrogens is 1. The first-order valence-electron chi connectivity index (χ1n) is 7.69. The molecule has 1 N–H and O–H groups in total. The van der Waals surface area contributed by atoms with Crippen LogP contribution in [0.2, 0.25) is 0 Å². The van der Waals surface area contributed by atoms with E-state index in [9.17, 15) is 9.18 Å². The number of ether oxygens (including phenoxy) is 1. The lowest BCUT2D eigenvalue weighted by atomic mass is 10.1. The Labute approximate surface area is 133 Å². The van der Waals surface area contributed by atoms with Crippen LogP contribution in [0.1, 0.15) is 33.8 Å². The zero-order valence-electron chi connectivity index (χ0n) is 13.0. The lowest BCUT2D eigenvalue weighted by molar-refractivity contribution is 0.0935. The fraction of sp³-hybridized carbons (Fsp3) is 0.412. The third-order valence-corrected chi connectivity index (χ3v) is 4.06. The molecule has 1 aliphatic heterocycles. The predicted octanol–water partition coefficient (Wildman–Crippen LogP) is 2.48. The molecule has 1 amide bonds.